The van der Waals surface area contributed by atoms with Crippen LogP contribution in [0, 0.1) is 11.8 Å². The molecule has 84 valence electrons. The van der Waals surface area contributed by atoms with Crippen molar-refractivity contribution < 1.29 is 0 Å². The lowest BCUT2D eigenvalue weighted by atomic mass is 9.71. The molecule has 0 aliphatic heterocycles. The smallest absolute Gasteiger partial charge is 0.0285 e. The fourth-order valence-electron chi connectivity index (χ4n) is 2.22. The van der Waals surface area contributed by atoms with E-state index in [-0.39, 0.29) is 0 Å². The van der Waals surface area contributed by atoms with Gasteiger partial charge in [-0.3, -0.25) is 0 Å². The molecular weight excluding hydrogens is 270 g/mol. The van der Waals surface area contributed by atoms with Crippen LogP contribution in [0.4, 0.5) is 0 Å². The SMILES string of the molecule is CCNCC1CCC1Cc1cc(Br)cs1. The van der Waals surface area contributed by atoms with Gasteiger partial charge < -0.3 is 5.32 Å². The van der Waals surface area contributed by atoms with Crippen LogP contribution in [0.15, 0.2) is 15.9 Å². The van der Waals surface area contributed by atoms with Gasteiger partial charge in [-0.1, -0.05) is 6.92 Å². The largest absolute Gasteiger partial charge is 0.317 e. The highest BCUT2D eigenvalue weighted by Gasteiger charge is 2.30. The van der Waals surface area contributed by atoms with E-state index in [1.54, 1.807) is 0 Å². The Morgan fingerprint density at radius 3 is 2.80 bits per heavy atom. The van der Waals surface area contributed by atoms with Crippen molar-refractivity contribution in [2.75, 3.05) is 13.1 Å². The summed E-state index contributed by atoms with van der Waals surface area (Å²) in [6, 6.07) is 2.27. The molecule has 0 saturated heterocycles. The maximum absolute atomic E-state index is 3.52. The second-order valence-electron chi connectivity index (χ2n) is 4.34. The van der Waals surface area contributed by atoms with Crippen molar-refractivity contribution in [3.05, 3.63) is 20.8 Å². The predicted molar refractivity (Wildman–Crippen MR) is 70.5 cm³/mol. The van der Waals surface area contributed by atoms with Gasteiger partial charge in [0.15, 0.2) is 0 Å². The molecule has 0 radical (unpaired) electrons. The number of hydrogen-bond donors (Lipinski definition) is 1. The van der Waals surface area contributed by atoms with Gasteiger partial charge >= 0.3 is 0 Å². The Labute approximate surface area is 104 Å². The maximum atomic E-state index is 3.52. The molecule has 2 atom stereocenters. The zero-order chi connectivity index (χ0) is 10.7. The first-order chi connectivity index (χ1) is 7.29. The topological polar surface area (TPSA) is 12.0 Å². The summed E-state index contributed by atoms with van der Waals surface area (Å²) < 4.78 is 1.24. The maximum Gasteiger partial charge on any atom is 0.0285 e. The lowest BCUT2D eigenvalue weighted by Crippen LogP contribution is -2.36. The van der Waals surface area contributed by atoms with Crippen LogP contribution in [0.25, 0.3) is 0 Å². The summed E-state index contributed by atoms with van der Waals surface area (Å²) in [5, 5.41) is 5.65. The standard InChI is InChI=1S/C12H18BrNS/c1-2-14-7-10-4-3-9(10)5-12-6-11(13)8-15-12/h6,8-10,14H,2-5,7H2,1H3. The van der Waals surface area contributed by atoms with Crippen LogP contribution in [0.2, 0.25) is 0 Å². The Morgan fingerprint density at radius 2 is 2.27 bits per heavy atom. The van der Waals surface area contributed by atoms with Gasteiger partial charge in [0.2, 0.25) is 0 Å². The van der Waals surface area contributed by atoms with Crippen molar-refractivity contribution in [1.29, 1.82) is 0 Å². The Kier molecular flexibility index (Phi) is 4.23. The van der Waals surface area contributed by atoms with Crippen LogP contribution in [-0.2, 0) is 6.42 Å². The normalized spacial score (nSPS) is 25.2. The molecule has 1 nitrogen and oxygen atoms in total. The van der Waals surface area contributed by atoms with Crippen LogP contribution in [0.3, 0.4) is 0 Å². The lowest BCUT2D eigenvalue weighted by Gasteiger charge is -2.36. The molecule has 1 aromatic heterocycles. The average molecular weight is 288 g/mol. The van der Waals surface area contributed by atoms with Crippen LogP contribution in [0.1, 0.15) is 24.6 Å². The van der Waals surface area contributed by atoms with Crippen LogP contribution >= 0.6 is 27.3 Å². The molecule has 1 saturated carbocycles. The fraction of sp³-hybridized carbons (Fsp3) is 0.667. The monoisotopic (exact) mass is 287 g/mol. The highest BCUT2D eigenvalue weighted by atomic mass is 79.9. The molecule has 1 heterocycles. The van der Waals surface area contributed by atoms with E-state index in [1.165, 1.54) is 35.2 Å². The average Bonchev–Trinajstić information content (AvgIpc) is 2.60. The Bertz CT molecular complexity index is 310. The quantitative estimate of drug-likeness (QED) is 0.871. The van der Waals surface area contributed by atoms with E-state index in [1.807, 2.05) is 11.3 Å². The van der Waals surface area contributed by atoms with Gasteiger partial charge in [0.05, 0.1) is 0 Å². The van der Waals surface area contributed by atoms with Crippen molar-refractivity contribution in [2.45, 2.75) is 26.2 Å². The number of thiophene rings is 1. The minimum Gasteiger partial charge on any atom is -0.317 e. The van der Waals surface area contributed by atoms with Gasteiger partial charge in [0.1, 0.15) is 0 Å². The van der Waals surface area contributed by atoms with Gasteiger partial charge in [-0.15, -0.1) is 11.3 Å². The highest BCUT2D eigenvalue weighted by molar-refractivity contribution is 9.10. The number of halogens is 1. The Hall–Kier alpha value is 0.140. The van der Waals surface area contributed by atoms with Crippen molar-refractivity contribution in [1.82, 2.24) is 5.32 Å². The molecule has 0 bridgehead atoms. The van der Waals surface area contributed by atoms with E-state index in [9.17, 15) is 0 Å². The molecule has 1 fully saturated rings. The minimum absolute atomic E-state index is 0.922. The van der Waals surface area contributed by atoms with E-state index < -0.39 is 0 Å². The lowest BCUT2D eigenvalue weighted by molar-refractivity contribution is 0.173. The van der Waals surface area contributed by atoms with Gasteiger partial charge in [0, 0.05) is 14.7 Å². The van der Waals surface area contributed by atoms with Crippen molar-refractivity contribution in [2.24, 2.45) is 11.8 Å². The first-order valence-electron chi connectivity index (χ1n) is 5.73. The molecule has 1 N–H and O–H groups in total. The summed E-state index contributed by atoms with van der Waals surface area (Å²) in [5.74, 6) is 1.85. The molecule has 2 unspecified atom stereocenters. The Balaban J connectivity index is 1.80. The molecule has 15 heavy (non-hydrogen) atoms. The van der Waals surface area contributed by atoms with Crippen molar-refractivity contribution >= 4 is 27.3 Å². The molecular formula is C12H18BrNS. The second kappa shape index (κ2) is 5.46. The first kappa shape index (κ1) is 11.6. The van der Waals surface area contributed by atoms with E-state index in [0.29, 0.717) is 0 Å². The summed E-state index contributed by atoms with van der Waals surface area (Å²) in [7, 11) is 0. The van der Waals surface area contributed by atoms with E-state index in [0.717, 1.165) is 18.4 Å². The Morgan fingerprint density at radius 1 is 1.47 bits per heavy atom. The molecule has 2 rings (SSSR count). The third-order valence-corrected chi connectivity index (χ3v) is 5.04. The third-order valence-electron chi connectivity index (χ3n) is 3.32. The van der Waals surface area contributed by atoms with E-state index in [2.05, 4.69) is 39.6 Å². The molecule has 1 aromatic rings. The zero-order valence-corrected chi connectivity index (χ0v) is 11.5. The van der Waals surface area contributed by atoms with Crippen molar-refractivity contribution in [3.8, 4) is 0 Å². The van der Waals surface area contributed by atoms with E-state index >= 15 is 0 Å². The molecule has 1 aliphatic carbocycles. The number of rotatable bonds is 5. The summed E-state index contributed by atoms with van der Waals surface area (Å²) in [6.07, 6.45) is 4.13. The fourth-order valence-corrected chi connectivity index (χ4v) is 3.77. The zero-order valence-electron chi connectivity index (χ0n) is 9.13. The van der Waals surface area contributed by atoms with Gasteiger partial charge in [-0.2, -0.15) is 0 Å². The first-order valence-corrected chi connectivity index (χ1v) is 7.40. The summed E-state index contributed by atoms with van der Waals surface area (Å²) in [5.41, 5.74) is 0. The molecule has 3 heteroatoms. The van der Waals surface area contributed by atoms with Crippen LogP contribution in [0.5, 0.6) is 0 Å². The van der Waals surface area contributed by atoms with Gasteiger partial charge in [-0.05, 0) is 66.2 Å². The summed E-state index contributed by atoms with van der Waals surface area (Å²) in [4.78, 5) is 1.54. The predicted octanol–water partition coefficient (Wildman–Crippen LogP) is 3.69. The van der Waals surface area contributed by atoms with Crippen LogP contribution < -0.4 is 5.32 Å². The molecule has 1 aliphatic rings. The third kappa shape index (κ3) is 3.05. The van der Waals surface area contributed by atoms with Crippen LogP contribution in [-0.4, -0.2) is 13.1 Å². The number of nitrogens with one attached hydrogen (secondary N) is 1. The minimum atomic E-state index is 0.922. The second-order valence-corrected chi connectivity index (χ2v) is 6.25. The highest BCUT2D eigenvalue weighted by Crippen LogP contribution is 2.37. The summed E-state index contributed by atoms with van der Waals surface area (Å²) in [6.45, 7) is 4.51. The molecule has 0 spiro atoms. The molecule has 0 amide bonds. The van der Waals surface area contributed by atoms with Crippen molar-refractivity contribution in [3.63, 3.8) is 0 Å². The van der Waals surface area contributed by atoms with Gasteiger partial charge in [0.25, 0.3) is 0 Å². The van der Waals surface area contributed by atoms with Gasteiger partial charge in [-0.25, -0.2) is 0 Å². The molecule has 0 aromatic carbocycles. The van der Waals surface area contributed by atoms with E-state index in [4.69, 9.17) is 0 Å². The number of hydrogen-bond acceptors (Lipinski definition) is 2. The summed E-state index contributed by atoms with van der Waals surface area (Å²) >= 11 is 5.40.